The van der Waals surface area contributed by atoms with E-state index in [4.69, 9.17) is 4.98 Å². The van der Waals surface area contributed by atoms with Crippen LogP contribution in [0.2, 0.25) is 0 Å². The van der Waals surface area contributed by atoms with Crippen LogP contribution in [0.4, 0.5) is 11.6 Å². The Kier molecular flexibility index (Phi) is 4.85. The van der Waals surface area contributed by atoms with Crippen molar-refractivity contribution in [2.45, 2.75) is 39.3 Å². The minimum atomic E-state index is 0.298. The second kappa shape index (κ2) is 7.44. The van der Waals surface area contributed by atoms with Crippen LogP contribution in [-0.2, 0) is 13.6 Å². The molecular formula is C20H25N7. The van der Waals surface area contributed by atoms with E-state index >= 15 is 0 Å². The summed E-state index contributed by atoms with van der Waals surface area (Å²) in [7, 11) is 2.04. The maximum atomic E-state index is 4.75. The maximum absolute atomic E-state index is 4.75. The van der Waals surface area contributed by atoms with Crippen LogP contribution in [0.3, 0.4) is 0 Å². The monoisotopic (exact) mass is 363 g/mol. The molecule has 0 amide bonds. The molecule has 4 rings (SSSR count). The SMILES string of the molecule is Cc1nc(Nc2ncccc2C)cc(C2CCCN2Cc2cncn2C)n1. The number of rotatable bonds is 5. The van der Waals surface area contributed by atoms with Crippen LogP contribution in [-0.4, -0.2) is 35.9 Å². The summed E-state index contributed by atoms with van der Waals surface area (Å²) in [6, 6.07) is 6.34. The van der Waals surface area contributed by atoms with Crippen molar-refractivity contribution < 1.29 is 0 Å². The van der Waals surface area contributed by atoms with E-state index in [2.05, 4.69) is 35.8 Å². The molecule has 3 aromatic rings. The van der Waals surface area contributed by atoms with Gasteiger partial charge in [0.2, 0.25) is 0 Å². The molecule has 0 radical (unpaired) electrons. The summed E-state index contributed by atoms with van der Waals surface area (Å²) in [5.74, 6) is 2.40. The van der Waals surface area contributed by atoms with Crippen molar-refractivity contribution in [2.24, 2.45) is 7.05 Å². The molecule has 1 aliphatic rings. The summed E-state index contributed by atoms with van der Waals surface area (Å²) < 4.78 is 2.08. The Morgan fingerprint density at radius 2 is 2.15 bits per heavy atom. The van der Waals surface area contributed by atoms with Crippen molar-refractivity contribution in [3.8, 4) is 0 Å². The Morgan fingerprint density at radius 1 is 1.26 bits per heavy atom. The molecule has 1 atom stereocenters. The van der Waals surface area contributed by atoms with Crippen molar-refractivity contribution in [3.05, 3.63) is 59.7 Å². The van der Waals surface area contributed by atoms with Crippen LogP contribution in [0.15, 0.2) is 36.9 Å². The lowest BCUT2D eigenvalue weighted by molar-refractivity contribution is 0.239. The van der Waals surface area contributed by atoms with E-state index in [0.29, 0.717) is 6.04 Å². The number of imidazole rings is 1. The average molecular weight is 363 g/mol. The molecule has 0 spiro atoms. The van der Waals surface area contributed by atoms with Gasteiger partial charge in [-0.2, -0.15) is 0 Å². The van der Waals surface area contributed by atoms with Gasteiger partial charge in [0, 0.05) is 32.1 Å². The summed E-state index contributed by atoms with van der Waals surface area (Å²) in [5, 5.41) is 3.35. The molecule has 0 saturated carbocycles. The van der Waals surface area contributed by atoms with E-state index in [1.165, 1.54) is 12.1 Å². The van der Waals surface area contributed by atoms with Gasteiger partial charge in [-0.05, 0) is 44.9 Å². The Balaban J connectivity index is 1.58. The minimum Gasteiger partial charge on any atom is -0.337 e. The smallest absolute Gasteiger partial charge is 0.135 e. The van der Waals surface area contributed by atoms with Gasteiger partial charge in [0.05, 0.1) is 23.8 Å². The molecule has 7 nitrogen and oxygen atoms in total. The zero-order valence-electron chi connectivity index (χ0n) is 16.1. The second-order valence-corrected chi connectivity index (χ2v) is 7.14. The Labute approximate surface area is 159 Å². The fraction of sp³-hybridized carbons (Fsp3) is 0.400. The molecule has 3 aromatic heterocycles. The molecule has 7 heteroatoms. The highest BCUT2D eigenvalue weighted by Gasteiger charge is 2.28. The van der Waals surface area contributed by atoms with E-state index in [-0.39, 0.29) is 0 Å². The first kappa shape index (κ1) is 17.6. The number of aromatic nitrogens is 5. The molecule has 0 bridgehead atoms. The summed E-state index contributed by atoms with van der Waals surface area (Å²) in [4.78, 5) is 20.4. The molecule has 1 N–H and O–H groups in total. The van der Waals surface area contributed by atoms with E-state index in [0.717, 1.165) is 48.2 Å². The molecule has 0 aromatic carbocycles. The number of likely N-dealkylation sites (tertiary alicyclic amines) is 1. The quantitative estimate of drug-likeness (QED) is 0.750. The third-order valence-electron chi connectivity index (χ3n) is 5.10. The van der Waals surface area contributed by atoms with Crippen LogP contribution >= 0.6 is 0 Å². The van der Waals surface area contributed by atoms with Crippen molar-refractivity contribution in [2.75, 3.05) is 11.9 Å². The zero-order valence-corrected chi connectivity index (χ0v) is 16.1. The molecule has 1 saturated heterocycles. The predicted molar refractivity (Wildman–Crippen MR) is 105 cm³/mol. The van der Waals surface area contributed by atoms with Gasteiger partial charge in [-0.3, -0.25) is 4.90 Å². The molecule has 140 valence electrons. The molecule has 1 unspecified atom stereocenters. The van der Waals surface area contributed by atoms with E-state index in [9.17, 15) is 0 Å². The fourth-order valence-electron chi connectivity index (χ4n) is 3.66. The third-order valence-corrected chi connectivity index (χ3v) is 5.10. The van der Waals surface area contributed by atoms with Gasteiger partial charge in [0.25, 0.3) is 0 Å². The number of pyridine rings is 1. The number of nitrogens with one attached hydrogen (secondary N) is 1. The van der Waals surface area contributed by atoms with Gasteiger partial charge in [-0.15, -0.1) is 0 Å². The van der Waals surface area contributed by atoms with Crippen molar-refractivity contribution in [1.29, 1.82) is 0 Å². The number of anilines is 2. The number of hydrogen-bond acceptors (Lipinski definition) is 6. The highest BCUT2D eigenvalue weighted by Crippen LogP contribution is 2.33. The normalized spacial score (nSPS) is 17.4. The maximum Gasteiger partial charge on any atom is 0.135 e. The second-order valence-electron chi connectivity index (χ2n) is 7.14. The van der Waals surface area contributed by atoms with Crippen molar-refractivity contribution in [3.63, 3.8) is 0 Å². The van der Waals surface area contributed by atoms with Gasteiger partial charge in [0.15, 0.2) is 0 Å². The van der Waals surface area contributed by atoms with E-state index < -0.39 is 0 Å². The van der Waals surface area contributed by atoms with Crippen molar-refractivity contribution in [1.82, 2.24) is 29.4 Å². The highest BCUT2D eigenvalue weighted by molar-refractivity contribution is 5.55. The van der Waals surface area contributed by atoms with Crippen LogP contribution < -0.4 is 5.32 Å². The zero-order chi connectivity index (χ0) is 18.8. The van der Waals surface area contributed by atoms with Gasteiger partial charge in [-0.25, -0.2) is 19.9 Å². The van der Waals surface area contributed by atoms with Gasteiger partial charge >= 0.3 is 0 Å². The summed E-state index contributed by atoms with van der Waals surface area (Å²) >= 11 is 0. The first-order chi connectivity index (χ1) is 13.1. The molecule has 4 heterocycles. The summed E-state index contributed by atoms with van der Waals surface area (Å²) in [6.07, 6.45) is 7.87. The van der Waals surface area contributed by atoms with Crippen LogP contribution in [0.25, 0.3) is 0 Å². The average Bonchev–Trinajstić information content (AvgIpc) is 3.26. The lowest BCUT2D eigenvalue weighted by atomic mass is 10.1. The summed E-state index contributed by atoms with van der Waals surface area (Å²) in [6.45, 7) is 5.94. The van der Waals surface area contributed by atoms with Crippen molar-refractivity contribution >= 4 is 11.6 Å². The highest BCUT2D eigenvalue weighted by atomic mass is 15.2. The Hall–Kier alpha value is -2.80. The largest absolute Gasteiger partial charge is 0.337 e. The molecule has 1 fully saturated rings. The lowest BCUT2D eigenvalue weighted by Gasteiger charge is -2.24. The van der Waals surface area contributed by atoms with Crippen LogP contribution in [0, 0.1) is 13.8 Å². The van der Waals surface area contributed by atoms with E-state index in [1.807, 2.05) is 45.6 Å². The summed E-state index contributed by atoms with van der Waals surface area (Å²) in [5.41, 5.74) is 3.38. The molecule has 1 aliphatic heterocycles. The van der Waals surface area contributed by atoms with E-state index in [1.54, 1.807) is 6.20 Å². The van der Waals surface area contributed by atoms with Gasteiger partial charge in [-0.1, -0.05) is 6.07 Å². The standard InChI is InChI=1S/C20H25N7/c1-14-6-4-8-22-20(14)25-19-10-17(23-15(2)24-19)18-7-5-9-27(18)12-16-11-21-13-26(16)3/h4,6,8,10-11,13,18H,5,7,9,12H2,1-3H3,(H,22,23,24,25). The Morgan fingerprint density at radius 3 is 2.93 bits per heavy atom. The predicted octanol–water partition coefficient (Wildman–Crippen LogP) is 3.30. The lowest BCUT2D eigenvalue weighted by Crippen LogP contribution is -2.25. The molecule has 27 heavy (non-hydrogen) atoms. The van der Waals surface area contributed by atoms with Gasteiger partial charge < -0.3 is 9.88 Å². The van der Waals surface area contributed by atoms with Crippen LogP contribution in [0.5, 0.6) is 0 Å². The topological polar surface area (TPSA) is 71.8 Å². The number of nitrogens with zero attached hydrogens (tertiary/aromatic N) is 6. The third kappa shape index (κ3) is 3.83. The first-order valence-electron chi connectivity index (χ1n) is 9.33. The molecule has 0 aliphatic carbocycles. The minimum absolute atomic E-state index is 0.298. The molecular weight excluding hydrogens is 338 g/mol. The van der Waals surface area contributed by atoms with Crippen LogP contribution in [0.1, 0.15) is 41.7 Å². The first-order valence-corrected chi connectivity index (χ1v) is 9.33. The van der Waals surface area contributed by atoms with Gasteiger partial charge in [0.1, 0.15) is 17.5 Å². The Bertz CT molecular complexity index is 934. The number of hydrogen-bond donors (Lipinski definition) is 1. The number of aryl methyl sites for hydroxylation is 3. The fourth-order valence-corrected chi connectivity index (χ4v) is 3.66.